The molecule has 0 aliphatic rings. The van der Waals surface area contributed by atoms with E-state index in [1.807, 2.05) is 0 Å². The van der Waals surface area contributed by atoms with E-state index in [1.165, 1.54) is 110 Å². The van der Waals surface area contributed by atoms with Crippen molar-refractivity contribution >= 4 is 21.5 Å². The molecule has 46 heavy (non-hydrogen) atoms. The monoisotopic (exact) mass is 614 g/mol. The zero-order valence-electron chi connectivity index (χ0n) is 28.8. The number of aryl methyl sites for hydroxylation is 2. The Hall–Kier alpha value is -3.78. The molecule has 0 unspecified atom stereocenters. The molecular formula is C44H54O2. The molecular weight excluding hydrogens is 560 g/mol. The predicted molar refractivity (Wildman–Crippen MR) is 200 cm³/mol. The largest absolute Gasteiger partial charge is 0.496 e. The third kappa shape index (κ3) is 8.72. The maximum absolute atomic E-state index is 5.95. The van der Waals surface area contributed by atoms with Crippen LogP contribution in [0.2, 0.25) is 0 Å². The second-order valence-corrected chi connectivity index (χ2v) is 13.1. The molecule has 0 atom stereocenters. The van der Waals surface area contributed by atoms with Gasteiger partial charge < -0.3 is 9.47 Å². The Morgan fingerprint density at radius 2 is 0.848 bits per heavy atom. The van der Waals surface area contributed by atoms with Crippen molar-refractivity contribution in [3.63, 3.8) is 0 Å². The first-order chi connectivity index (χ1) is 22.6. The summed E-state index contributed by atoms with van der Waals surface area (Å²) < 4.78 is 11.9. The standard InChI is InChI=1S/C44H54O2/c1-5-7-9-11-13-15-18-33-22-24-35-31-43(45-3)41(29-39(35)26-33)37-20-17-21-38(28-37)42-30-40-27-34(19-16-14-12-10-8-6-2)23-25-36(40)32-44(42)46-4/h17,20-32H,5-16,18-19H2,1-4H3. The molecule has 0 aromatic heterocycles. The predicted octanol–water partition coefficient (Wildman–Crippen LogP) is 13.2. The van der Waals surface area contributed by atoms with E-state index in [2.05, 4.69) is 98.8 Å². The molecule has 0 saturated heterocycles. The second kappa shape index (κ2) is 17.2. The van der Waals surface area contributed by atoms with E-state index < -0.39 is 0 Å². The van der Waals surface area contributed by atoms with Gasteiger partial charge in [0.25, 0.3) is 0 Å². The SMILES string of the molecule is CCCCCCCCc1ccc2cc(OC)c(-c3cccc(-c4cc5cc(CCCCCCCC)ccc5cc4OC)c3)cc2c1. The first-order valence-electron chi connectivity index (χ1n) is 18.0. The Labute approximate surface area is 278 Å². The molecule has 5 aromatic rings. The summed E-state index contributed by atoms with van der Waals surface area (Å²) in [5.41, 5.74) is 7.38. The summed E-state index contributed by atoms with van der Waals surface area (Å²) in [5.74, 6) is 1.80. The van der Waals surface area contributed by atoms with Crippen LogP contribution >= 0.6 is 0 Å². The molecule has 2 heteroatoms. The van der Waals surface area contributed by atoms with Crippen molar-refractivity contribution in [1.82, 2.24) is 0 Å². The van der Waals surface area contributed by atoms with Crippen LogP contribution < -0.4 is 9.47 Å². The minimum Gasteiger partial charge on any atom is -0.496 e. The van der Waals surface area contributed by atoms with Crippen molar-refractivity contribution in [2.75, 3.05) is 14.2 Å². The third-order valence-corrected chi connectivity index (χ3v) is 9.57. The van der Waals surface area contributed by atoms with Crippen LogP contribution in [0.5, 0.6) is 11.5 Å². The number of rotatable bonds is 18. The zero-order valence-corrected chi connectivity index (χ0v) is 28.8. The van der Waals surface area contributed by atoms with Crippen LogP contribution in [0.25, 0.3) is 43.8 Å². The van der Waals surface area contributed by atoms with Gasteiger partial charge in [0, 0.05) is 11.1 Å². The number of fused-ring (bicyclic) bond motifs is 2. The van der Waals surface area contributed by atoms with Crippen LogP contribution in [0.4, 0.5) is 0 Å². The summed E-state index contributed by atoms with van der Waals surface area (Å²) in [4.78, 5) is 0. The number of ether oxygens (including phenoxy) is 2. The van der Waals surface area contributed by atoms with Gasteiger partial charge in [-0.05, 0) is 99.8 Å². The van der Waals surface area contributed by atoms with Gasteiger partial charge in [-0.15, -0.1) is 0 Å². The molecule has 0 bridgehead atoms. The highest BCUT2D eigenvalue weighted by molar-refractivity contribution is 5.94. The zero-order chi connectivity index (χ0) is 32.1. The maximum atomic E-state index is 5.95. The van der Waals surface area contributed by atoms with Gasteiger partial charge in [0.15, 0.2) is 0 Å². The Kier molecular flexibility index (Phi) is 12.6. The molecule has 0 radical (unpaired) electrons. The van der Waals surface area contributed by atoms with Crippen LogP contribution in [-0.4, -0.2) is 14.2 Å². The Bertz CT molecular complexity index is 1580. The van der Waals surface area contributed by atoms with Gasteiger partial charge in [0.1, 0.15) is 11.5 Å². The summed E-state index contributed by atoms with van der Waals surface area (Å²) in [7, 11) is 3.55. The third-order valence-electron chi connectivity index (χ3n) is 9.57. The molecule has 5 aromatic carbocycles. The highest BCUT2D eigenvalue weighted by Gasteiger charge is 2.13. The van der Waals surface area contributed by atoms with Crippen LogP contribution in [0, 0.1) is 0 Å². The second-order valence-electron chi connectivity index (χ2n) is 13.1. The molecule has 0 aliphatic heterocycles. The summed E-state index contributed by atoms with van der Waals surface area (Å²) in [6.07, 6.45) is 18.2. The number of unbranched alkanes of at least 4 members (excludes halogenated alkanes) is 10. The molecule has 0 aliphatic carbocycles. The average molecular weight is 615 g/mol. The van der Waals surface area contributed by atoms with E-state index in [-0.39, 0.29) is 0 Å². The molecule has 0 N–H and O–H groups in total. The molecule has 0 amide bonds. The van der Waals surface area contributed by atoms with Crippen molar-refractivity contribution in [3.05, 3.63) is 96.1 Å². The fraction of sp³-hybridized carbons (Fsp3) is 0.409. The normalized spacial score (nSPS) is 11.4. The number of methoxy groups -OCH3 is 2. The Morgan fingerprint density at radius 1 is 0.413 bits per heavy atom. The van der Waals surface area contributed by atoms with Gasteiger partial charge in [0.05, 0.1) is 14.2 Å². The van der Waals surface area contributed by atoms with E-state index in [0.29, 0.717) is 0 Å². The van der Waals surface area contributed by atoms with Crippen molar-refractivity contribution in [2.24, 2.45) is 0 Å². The lowest BCUT2D eigenvalue weighted by Crippen LogP contribution is -1.93. The van der Waals surface area contributed by atoms with Gasteiger partial charge in [-0.3, -0.25) is 0 Å². The van der Waals surface area contributed by atoms with Crippen LogP contribution in [0.3, 0.4) is 0 Å². The maximum Gasteiger partial charge on any atom is 0.127 e. The Morgan fingerprint density at radius 3 is 1.28 bits per heavy atom. The smallest absolute Gasteiger partial charge is 0.127 e. The van der Waals surface area contributed by atoms with E-state index in [1.54, 1.807) is 14.2 Å². The average Bonchev–Trinajstić information content (AvgIpc) is 3.10. The van der Waals surface area contributed by atoms with Crippen LogP contribution in [0.15, 0.2) is 84.9 Å². The summed E-state index contributed by atoms with van der Waals surface area (Å²) in [6.45, 7) is 4.56. The first-order valence-corrected chi connectivity index (χ1v) is 18.0. The molecule has 0 fully saturated rings. The molecule has 0 spiro atoms. The van der Waals surface area contributed by atoms with Crippen LogP contribution in [-0.2, 0) is 12.8 Å². The summed E-state index contributed by atoms with van der Waals surface area (Å²) >= 11 is 0. The van der Waals surface area contributed by atoms with Gasteiger partial charge in [-0.25, -0.2) is 0 Å². The number of hydrogen-bond acceptors (Lipinski definition) is 2. The quantitative estimate of drug-likeness (QED) is 0.0914. The van der Waals surface area contributed by atoms with E-state index in [9.17, 15) is 0 Å². The van der Waals surface area contributed by atoms with E-state index >= 15 is 0 Å². The molecule has 2 nitrogen and oxygen atoms in total. The van der Waals surface area contributed by atoms with Crippen molar-refractivity contribution < 1.29 is 9.47 Å². The van der Waals surface area contributed by atoms with Crippen molar-refractivity contribution in [3.8, 4) is 33.8 Å². The van der Waals surface area contributed by atoms with Gasteiger partial charge in [-0.1, -0.05) is 133 Å². The number of hydrogen-bond donors (Lipinski definition) is 0. The minimum atomic E-state index is 0.901. The highest BCUT2D eigenvalue weighted by Crippen LogP contribution is 2.39. The molecule has 5 rings (SSSR count). The lowest BCUT2D eigenvalue weighted by molar-refractivity contribution is 0.417. The van der Waals surface area contributed by atoms with E-state index in [0.717, 1.165) is 46.6 Å². The van der Waals surface area contributed by atoms with E-state index in [4.69, 9.17) is 9.47 Å². The lowest BCUT2D eigenvalue weighted by atomic mass is 9.93. The fourth-order valence-corrected chi connectivity index (χ4v) is 6.83. The van der Waals surface area contributed by atoms with Gasteiger partial charge in [0.2, 0.25) is 0 Å². The molecule has 242 valence electrons. The van der Waals surface area contributed by atoms with Crippen molar-refractivity contribution in [2.45, 2.75) is 104 Å². The van der Waals surface area contributed by atoms with Crippen molar-refractivity contribution in [1.29, 1.82) is 0 Å². The number of benzene rings is 5. The van der Waals surface area contributed by atoms with Gasteiger partial charge >= 0.3 is 0 Å². The lowest BCUT2D eigenvalue weighted by Gasteiger charge is -2.15. The first kappa shape index (κ1) is 33.6. The fourth-order valence-electron chi connectivity index (χ4n) is 6.83. The van der Waals surface area contributed by atoms with Gasteiger partial charge in [-0.2, -0.15) is 0 Å². The topological polar surface area (TPSA) is 18.5 Å². The van der Waals surface area contributed by atoms with Crippen LogP contribution in [0.1, 0.15) is 102 Å². The summed E-state index contributed by atoms with van der Waals surface area (Å²) in [6, 6.07) is 31.7. The Balaban J connectivity index is 1.40. The minimum absolute atomic E-state index is 0.901. The molecule has 0 saturated carbocycles. The highest BCUT2D eigenvalue weighted by atomic mass is 16.5. The molecule has 0 heterocycles. The summed E-state index contributed by atoms with van der Waals surface area (Å²) in [5, 5.41) is 4.98.